The van der Waals surface area contributed by atoms with Crippen LogP contribution in [-0.4, -0.2) is 62.2 Å². The lowest BCUT2D eigenvalue weighted by Gasteiger charge is -2.36. The van der Waals surface area contributed by atoms with E-state index in [1.165, 1.54) is 24.4 Å². The second-order valence-corrected chi connectivity index (χ2v) is 12.8. The number of halogens is 5. The van der Waals surface area contributed by atoms with Crippen LogP contribution in [0.4, 0.5) is 39.3 Å². The number of piperazine rings is 1. The topological polar surface area (TPSA) is 87.7 Å². The highest BCUT2D eigenvalue weighted by molar-refractivity contribution is 7.92. The molecule has 1 aliphatic carbocycles. The van der Waals surface area contributed by atoms with Crippen molar-refractivity contribution in [3.63, 3.8) is 0 Å². The summed E-state index contributed by atoms with van der Waals surface area (Å²) >= 11 is 0. The highest BCUT2D eigenvalue weighted by Gasteiger charge is 2.46. The zero-order valence-electron chi connectivity index (χ0n) is 23.4. The molecular weight excluding hydrogens is 593 g/mol. The van der Waals surface area contributed by atoms with Gasteiger partial charge in [-0.15, -0.1) is 0 Å². The average Bonchev–Trinajstić information content (AvgIpc) is 2.98. The Morgan fingerprint density at radius 1 is 0.837 bits per heavy atom. The first-order chi connectivity index (χ1) is 20.3. The van der Waals surface area contributed by atoms with Crippen molar-refractivity contribution < 1.29 is 35.1 Å². The number of hydrogen-bond donors (Lipinski definition) is 1. The summed E-state index contributed by atoms with van der Waals surface area (Å²) in [4.78, 5) is 12.1. The maximum absolute atomic E-state index is 13.5. The molecule has 1 saturated heterocycles. The van der Waals surface area contributed by atoms with E-state index in [1.54, 1.807) is 12.3 Å². The third kappa shape index (κ3) is 7.28. The Labute approximate surface area is 246 Å². The molecule has 14 heteroatoms. The molecule has 3 aromatic rings. The molecule has 0 spiro atoms. The number of anilines is 3. The molecule has 2 aromatic heterocycles. The van der Waals surface area contributed by atoms with Crippen LogP contribution in [0.15, 0.2) is 65.8 Å². The third-order valence-electron chi connectivity index (χ3n) is 7.72. The quantitative estimate of drug-likeness (QED) is 0.305. The fraction of sp³-hybridized carbons (Fsp3) is 0.448. The number of sulfone groups is 1. The molecule has 1 aromatic carbocycles. The van der Waals surface area contributed by atoms with E-state index < -0.39 is 26.2 Å². The Hall–Kier alpha value is -3.68. The number of aromatic nitrogens is 2. The van der Waals surface area contributed by atoms with Crippen molar-refractivity contribution in [3.8, 4) is 5.75 Å². The van der Waals surface area contributed by atoms with Crippen LogP contribution in [0.5, 0.6) is 5.75 Å². The van der Waals surface area contributed by atoms with Gasteiger partial charge in [-0.25, -0.2) is 27.2 Å². The number of ether oxygens (including phenoxy) is 1. The molecule has 0 unspecified atom stereocenters. The predicted molar refractivity (Wildman–Crippen MR) is 152 cm³/mol. The molecule has 43 heavy (non-hydrogen) atoms. The molecular formula is C29H32F5N5O3S. The second kappa shape index (κ2) is 12.1. The second-order valence-electron chi connectivity index (χ2n) is 10.8. The maximum Gasteiger partial charge on any atom is 0.501 e. The number of rotatable bonds is 8. The molecule has 2 fully saturated rings. The molecule has 1 saturated carbocycles. The number of nitrogens with one attached hydrogen (secondary N) is 1. The van der Waals surface area contributed by atoms with Crippen molar-refractivity contribution in [3.05, 3.63) is 66.5 Å². The molecule has 2 aliphatic rings. The zero-order chi connectivity index (χ0) is 30.8. The molecule has 1 aliphatic heterocycles. The number of hydrogen-bond acceptors (Lipinski definition) is 8. The van der Waals surface area contributed by atoms with Crippen molar-refractivity contribution in [2.75, 3.05) is 41.3 Å². The molecule has 0 amide bonds. The molecule has 8 nitrogen and oxygen atoms in total. The highest BCUT2D eigenvalue weighted by Crippen LogP contribution is 2.32. The Morgan fingerprint density at radius 2 is 1.47 bits per heavy atom. The SMILES string of the molecule is CC(F)(F)c1ccc(N2CCN(c3cc(OC4CCC(Nc5ccc(S(=O)(=O)C(F)(F)F)cc5)CC4)ccn3)CC2)nc1. The van der Waals surface area contributed by atoms with Gasteiger partial charge in [-0.3, -0.25) is 0 Å². The van der Waals surface area contributed by atoms with Gasteiger partial charge in [-0.05, 0) is 68.1 Å². The van der Waals surface area contributed by atoms with Gasteiger partial charge in [0.05, 0.1) is 11.0 Å². The maximum atomic E-state index is 13.5. The fourth-order valence-electron chi connectivity index (χ4n) is 5.26. The van der Waals surface area contributed by atoms with Crippen LogP contribution >= 0.6 is 0 Å². The van der Waals surface area contributed by atoms with Crippen LogP contribution in [0.2, 0.25) is 0 Å². The molecule has 0 bridgehead atoms. The Morgan fingerprint density at radius 3 is 2.02 bits per heavy atom. The monoisotopic (exact) mass is 625 g/mol. The van der Waals surface area contributed by atoms with E-state index in [1.807, 2.05) is 12.1 Å². The first kappa shape index (κ1) is 30.8. The summed E-state index contributed by atoms with van der Waals surface area (Å²) in [6.45, 7) is 3.55. The smallest absolute Gasteiger partial charge is 0.490 e. The van der Waals surface area contributed by atoms with Crippen molar-refractivity contribution in [1.29, 1.82) is 0 Å². The lowest BCUT2D eigenvalue weighted by atomic mass is 9.92. The molecule has 0 radical (unpaired) electrons. The number of alkyl halides is 5. The van der Waals surface area contributed by atoms with E-state index in [2.05, 4.69) is 25.1 Å². The summed E-state index contributed by atoms with van der Waals surface area (Å²) in [6, 6.07) is 11.5. The van der Waals surface area contributed by atoms with Gasteiger partial charge < -0.3 is 19.9 Å². The Balaban J connectivity index is 1.09. The summed E-state index contributed by atoms with van der Waals surface area (Å²) in [5.74, 6) is -0.763. The fourth-order valence-corrected chi connectivity index (χ4v) is 6.02. The van der Waals surface area contributed by atoms with E-state index in [-0.39, 0.29) is 17.7 Å². The minimum Gasteiger partial charge on any atom is -0.490 e. The Kier molecular flexibility index (Phi) is 8.68. The number of pyridine rings is 2. The molecule has 5 rings (SSSR count). The van der Waals surface area contributed by atoms with Gasteiger partial charge >= 0.3 is 5.51 Å². The largest absolute Gasteiger partial charge is 0.501 e. The Bertz CT molecular complexity index is 1480. The summed E-state index contributed by atoms with van der Waals surface area (Å²) in [7, 11) is -5.37. The van der Waals surface area contributed by atoms with Crippen molar-refractivity contribution in [1.82, 2.24) is 9.97 Å². The minimum absolute atomic E-state index is 0.00556. The van der Waals surface area contributed by atoms with Crippen molar-refractivity contribution in [2.24, 2.45) is 0 Å². The summed E-state index contributed by atoms with van der Waals surface area (Å²) in [6.07, 6.45) is 6.01. The normalized spacial score (nSPS) is 20.1. The van der Waals surface area contributed by atoms with Crippen LogP contribution in [0, 0.1) is 0 Å². The molecule has 1 N–H and O–H groups in total. The van der Waals surface area contributed by atoms with E-state index in [9.17, 15) is 30.4 Å². The van der Waals surface area contributed by atoms with Gasteiger partial charge in [0.15, 0.2) is 0 Å². The van der Waals surface area contributed by atoms with Gasteiger partial charge in [0.25, 0.3) is 15.8 Å². The minimum atomic E-state index is -5.37. The number of nitrogens with zero attached hydrogens (tertiary/aromatic N) is 4. The molecule has 232 valence electrons. The highest BCUT2D eigenvalue weighted by atomic mass is 32.2. The van der Waals surface area contributed by atoms with Crippen molar-refractivity contribution in [2.45, 2.75) is 61.1 Å². The summed E-state index contributed by atoms with van der Waals surface area (Å²) in [5, 5.41) is 3.27. The van der Waals surface area contributed by atoms with Gasteiger partial charge in [-0.1, -0.05) is 0 Å². The molecule has 0 atom stereocenters. The number of benzene rings is 1. The summed E-state index contributed by atoms with van der Waals surface area (Å²) < 4.78 is 94.7. The zero-order valence-corrected chi connectivity index (χ0v) is 24.2. The summed E-state index contributed by atoms with van der Waals surface area (Å²) in [5.41, 5.74) is -4.89. The predicted octanol–water partition coefficient (Wildman–Crippen LogP) is 6.01. The van der Waals surface area contributed by atoms with Gasteiger partial charge in [-0.2, -0.15) is 13.2 Å². The standard InChI is InChI=1S/C29H32F5N5O3S/c1-28(30,31)20-2-11-26(36-19-20)38-14-16-39(17-15-38)27-18-24(12-13-35-27)42-23-7-3-21(4-8-23)37-22-5-9-25(10-6-22)43(40,41)29(32,33)34/h2,5-6,9-13,18-19,21,23,37H,3-4,7-8,14-17H2,1H3. The van der Waals surface area contributed by atoms with Crippen LogP contribution in [0.1, 0.15) is 38.2 Å². The van der Waals surface area contributed by atoms with E-state index >= 15 is 0 Å². The average molecular weight is 626 g/mol. The van der Waals surface area contributed by atoms with Crippen LogP contribution < -0.4 is 19.9 Å². The van der Waals surface area contributed by atoms with Gasteiger partial charge in [0, 0.05) is 68.9 Å². The first-order valence-electron chi connectivity index (χ1n) is 13.9. The van der Waals surface area contributed by atoms with Gasteiger partial charge in [0.2, 0.25) is 0 Å². The van der Waals surface area contributed by atoms with Crippen molar-refractivity contribution >= 4 is 27.2 Å². The van der Waals surface area contributed by atoms with Gasteiger partial charge in [0.1, 0.15) is 17.4 Å². The van der Waals surface area contributed by atoms with Crippen LogP contribution in [0.25, 0.3) is 0 Å². The third-order valence-corrected chi connectivity index (χ3v) is 9.22. The van der Waals surface area contributed by atoms with Crippen LogP contribution in [-0.2, 0) is 15.8 Å². The van der Waals surface area contributed by atoms with E-state index in [0.717, 1.165) is 50.6 Å². The van der Waals surface area contributed by atoms with Crippen LogP contribution in [0.3, 0.4) is 0 Å². The first-order valence-corrected chi connectivity index (χ1v) is 15.4. The van der Waals surface area contributed by atoms with E-state index in [4.69, 9.17) is 4.74 Å². The molecule has 3 heterocycles. The lowest BCUT2D eigenvalue weighted by molar-refractivity contribution is -0.0436. The lowest BCUT2D eigenvalue weighted by Crippen LogP contribution is -2.47. The van der Waals surface area contributed by atoms with E-state index in [0.29, 0.717) is 43.4 Å².